The van der Waals surface area contributed by atoms with Crippen molar-refractivity contribution >= 4 is 17.6 Å². The van der Waals surface area contributed by atoms with Crippen LogP contribution in [0, 0.1) is 0 Å². The van der Waals surface area contributed by atoms with E-state index < -0.39 is 5.97 Å². The zero-order valence-corrected chi connectivity index (χ0v) is 11.3. The maximum Gasteiger partial charge on any atom is 0.341 e. The summed E-state index contributed by atoms with van der Waals surface area (Å²) in [7, 11) is 0. The molecule has 0 saturated carbocycles. The quantitative estimate of drug-likeness (QED) is 0.850. The first-order valence-corrected chi connectivity index (χ1v) is 6.37. The van der Waals surface area contributed by atoms with Crippen LogP contribution in [0.1, 0.15) is 15.9 Å². The number of phenolic OH excluding ortho intramolecular Hbond substituents is 2. The predicted molar refractivity (Wildman–Crippen MR) is 75.2 cm³/mol. The van der Waals surface area contributed by atoms with Crippen molar-refractivity contribution in [3.8, 4) is 11.5 Å². The normalized spacial score (nSPS) is 10.2. The number of ether oxygens (including phenoxy) is 1. The summed E-state index contributed by atoms with van der Waals surface area (Å²) in [5.41, 5.74) is 1.02. The van der Waals surface area contributed by atoms with E-state index in [1.54, 1.807) is 12.1 Å². The van der Waals surface area contributed by atoms with Gasteiger partial charge < -0.3 is 14.9 Å². The Labute approximate surface area is 121 Å². The van der Waals surface area contributed by atoms with Crippen molar-refractivity contribution in [3.05, 3.63) is 58.6 Å². The van der Waals surface area contributed by atoms with Crippen LogP contribution in [0.4, 0.5) is 0 Å². The molecule has 0 heterocycles. The minimum atomic E-state index is -0.628. The molecule has 0 unspecified atom stereocenters. The van der Waals surface area contributed by atoms with Gasteiger partial charge in [-0.3, -0.25) is 0 Å². The Morgan fingerprint density at radius 3 is 2.45 bits per heavy atom. The molecule has 2 aromatic rings. The summed E-state index contributed by atoms with van der Waals surface area (Å²) in [6.45, 7) is 0.195. The first-order valence-electron chi connectivity index (χ1n) is 6.00. The second kappa shape index (κ2) is 6.30. The third-order valence-electron chi connectivity index (χ3n) is 2.74. The largest absolute Gasteiger partial charge is 0.508 e. The van der Waals surface area contributed by atoms with Gasteiger partial charge in [0.25, 0.3) is 0 Å². The van der Waals surface area contributed by atoms with E-state index >= 15 is 0 Å². The average molecular weight is 293 g/mol. The number of carbonyl (C=O) groups is 1. The second-order valence-corrected chi connectivity index (χ2v) is 4.65. The van der Waals surface area contributed by atoms with Crippen molar-refractivity contribution < 1.29 is 19.7 Å². The molecule has 2 rings (SSSR count). The minimum absolute atomic E-state index is 0.0268. The lowest BCUT2D eigenvalue weighted by atomic mass is 10.1. The number of benzene rings is 2. The lowest BCUT2D eigenvalue weighted by Gasteiger charge is -2.07. The van der Waals surface area contributed by atoms with Gasteiger partial charge in [0.2, 0.25) is 0 Å². The molecule has 0 atom stereocenters. The monoisotopic (exact) mass is 292 g/mol. The molecule has 0 saturated heterocycles. The summed E-state index contributed by atoms with van der Waals surface area (Å²) in [5.74, 6) is -1.04. The van der Waals surface area contributed by atoms with E-state index in [2.05, 4.69) is 0 Å². The fraction of sp³-hybridized carbons (Fsp3) is 0.133. The second-order valence-electron chi connectivity index (χ2n) is 4.21. The third kappa shape index (κ3) is 3.65. The molecule has 104 valence electrons. The van der Waals surface area contributed by atoms with Gasteiger partial charge in [-0.15, -0.1) is 0 Å². The van der Waals surface area contributed by atoms with E-state index in [0.717, 1.165) is 11.6 Å². The van der Waals surface area contributed by atoms with Crippen LogP contribution in [-0.4, -0.2) is 22.8 Å². The van der Waals surface area contributed by atoms with Crippen molar-refractivity contribution in [3.63, 3.8) is 0 Å². The molecule has 0 spiro atoms. The Morgan fingerprint density at radius 2 is 1.80 bits per heavy atom. The molecule has 5 heteroatoms. The topological polar surface area (TPSA) is 66.8 Å². The van der Waals surface area contributed by atoms with Gasteiger partial charge in [0.1, 0.15) is 17.1 Å². The van der Waals surface area contributed by atoms with E-state index in [9.17, 15) is 9.90 Å². The van der Waals surface area contributed by atoms with Crippen molar-refractivity contribution in [2.45, 2.75) is 6.42 Å². The van der Waals surface area contributed by atoms with Crippen LogP contribution >= 0.6 is 11.6 Å². The third-order valence-corrected chi connectivity index (χ3v) is 2.99. The van der Waals surface area contributed by atoms with E-state index in [4.69, 9.17) is 21.4 Å². The summed E-state index contributed by atoms with van der Waals surface area (Å²) in [6, 6.07) is 11.0. The Morgan fingerprint density at radius 1 is 1.10 bits per heavy atom. The molecule has 20 heavy (non-hydrogen) atoms. The Hall–Kier alpha value is -2.20. The van der Waals surface area contributed by atoms with Gasteiger partial charge in [0.05, 0.1) is 6.61 Å². The fourth-order valence-corrected chi connectivity index (χ4v) is 1.81. The van der Waals surface area contributed by atoms with Gasteiger partial charge in [0.15, 0.2) is 0 Å². The Bertz CT molecular complexity index is 608. The zero-order chi connectivity index (χ0) is 14.5. The number of rotatable bonds is 4. The maximum absolute atomic E-state index is 11.7. The maximum atomic E-state index is 11.7. The number of carbonyl (C=O) groups excluding carboxylic acids is 1. The summed E-state index contributed by atoms with van der Waals surface area (Å²) in [4.78, 5) is 11.7. The number of hydrogen-bond acceptors (Lipinski definition) is 4. The number of aromatic hydroxyl groups is 2. The summed E-state index contributed by atoms with van der Waals surface area (Å²) in [5, 5.41) is 19.3. The molecule has 4 nitrogen and oxygen atoms in total. The highest BCUT2D eigenvalue weighted by atomic mass is 35.5. The predicted octanol–water partition coefficient (Wildman–Crippen LogP) is 3.15. The lowest BCUT2D eigenvalue weighted by Crippen LogP contribution is -2.08. The van der Waals surface area contributed by atoms with Crippen molar-refractivity contribution in [1.82, 2.24) is 0 Å². The molecule has 0 bridgehead atoms. The molecule has 0 aromatic heterocycles. The van der Waals surface area contributed by atoms with E-state index in [-0.39, 0.29) is 23.7 Å². The molecule has 0 radical (unpaired) electrons. The van der Waals surface area contributed by atoms with Crippen LogP contribution in [0.2, 0.25) is 5.02 Å². The fourth-order valence-electron chi connectivity index (χ4n) is 1.68. The Balaban J connectivity index is 1.90. The zero-order valence-electron chi connectivity index (χ0n) is 10.5. The van der Waals surface area contributed by atoms with Crippen LogP contribution in [0.3, 0.4) is 0 Å². The molecular formula is C15H13ClO4. The average Bonchev–Trinajstić information content (AvgIpc) is 2.41. The van der Waals surface area contributed by atoms with Crippen molar-refractivity contribution in [2.75, 3.05) is 6.61 Å². The van der Waals surface area contributed by atoms with Crippen molar-refractivity contribution in [1.29, 1.82) is 0 Å². The highest BCUT2D eigenvalue weighted by Crippen LogP contribution is 2.23. The van der Waals surface area contributed by atoms with Gasteiger partial charge in [-0.05, 0) is 29.8 Å². The molecule has 0 aliphatic rings. The van der Waals surface area contributed by atoms with E-state index in [0.29, 0.717) is 11.4 Å². The highest BCUT2D eigenvalue weighted by molar-refractivity contribution is 6.30. The number of phenols is 2. The summed E-state index contributed by atoms with van der Waals surface area (Å²) >= 11 is 5.77. The molecule has 2 aromatic carbocycles. The molecular weight excluding hydrogens is 280 g/mol. The van der Waals surface area contributed by atoms with Gasteiger partial charge in [0, 0.05) is 17.5 Å². The first-order chi connectivity index (χ1) is 9.56. The van der Waals surface area contributed by atoms with Crippen LogP contribution < -0.4 is 0 Å². The summed E-state index contributed by atoms with van der Waals surface area (Å²) < 4.78 is 5.07. The van der Waals surface area contributed by atoms with Gasteiger partial charge in [-0.25, -0.2) is 4.79 Å². The van der Waals surface area contributed by atoms with Crippen LogP contribution in [0.5, 0.6) is 11.5 Å². The van der Waals surface area contributed by atoms with E-state index in [1.165, 1.54) is 12.1 Å². The van der Waals surface area contributed by atoms with Gasteiger partial charge >= 0.3 is 5.97 Å². The molecule has 0 fully saturated rings. The molecule has 0 aliphatic heterocycles. The Kier molecular flexibility index (Phi) is 4.48. The molecule has 0 aliphatic carbocycles. The van der Waals surface area contributed by atoms with Gasteiger partial charge in [-0.1, -0.05) is 23.7 Å². The lowest BCUT2D eigenvalue weighted by molar-refractivity contribution is 0.0506. The standard InChI is InChI=1S/C15H13ClO4/c16-11-3-1-10(2-4-11)7-8-20-15(19)13-6-5-12(17)9-14(13)18/h1-6,9,17-18H,7-8H2. The van der Waals surface area contributed by atoms with Crippen LogP contribution in [0.15, 0.2) is 42.5 Å². The summed E-state index contributed by atoms with van der Waals surface area (Å²) in [6.07, 6.45) is 0.557. The SMILES string of the molecule is O=C(OCCc1ccc(Cl)cc1)c1ccc(O)cc1O. The number of halogens is 1. The first kappa shape index (κ1) is 14.2. The van der Waals surface area contributed by atoms with Crippen LogP contribution in [0.25, 0.3) is 0 Å². The minimum Gasteiger partial charge on any atom is -0.508 e. The molecule has 2 N–H and O–H groups in total. The van der Waals surface area contributed by atoms with Crippen LogP contribution in [-0.2, 0) is 11.2 Å². The van der Waals surface area contributed by atoms with Crippen molar-refractivity contribution in [2.24, 2.45) is 0 Å². The number of esters is 1. The van der Waals surface area contributed by atoms with Gasteiger partial charge in [-0.2, -0.15) is 0 Å². The van der Waals surface area contributed by atoms with E-state index in [1.807, 2.05) is 12.1 Å². The number of hydrogen-bond donors (Lipinski definition) is 2. The highest BCUT2D eigenvalue weighted by Gasteiger charge is 2.12. The molecule has 0 amide bonds. The smallest absolute Gasteiger partial charge is 0.341 e.